The third kappa shape index (κ3) is 3.70. The summed E-state index contributed by atoms with van der Waals surface area (Å²) in [5, 5.41) is 6.12. The Hall–Kier alpha value is -2.08. The molecule has 1 aromatic rings. The number of imide groups is 1. The van der Waals surface area contributed by atoms with Crippen LogP contribution in [0.4, 0.5) is 10.5 Å². The lowest BCUT2D eigenvalue weighted by molar-refractivity contribution is -0.136. The Morgan fingerprint density at radius 1 is 1.27 bits per heavy atom. The van der Waals surface area contributed by atoms with Gasteiger partial charge in [0, 0.05) is 10.7 Å². The van der Waals surface area contributed by atoms with Crippen molar-refractivity contribution in [3.05, 3.63) is 29.3 Å². The van der Waals surface area contributed by atoms with Crippen LogP contribution in [0.3, 0.4) is 0 Å². The quantitative estimate of drug-likeness (QED) is 0.792. The normalized spacial score (nSPS) is 27.5. The zero-order valence-corrected chi connectivity index (χ0v) is 16.0. The molecule has 7 heteroatoms. The van der Waals surface area contributed by atoms with Gasteiger partial charge < -0.3 is 10.6 Å². The van der Waals surface area contributed by atoms with Gasteiger partial charge in [-0.05, 0) is 54.9 Å². The Bertz CT molecular complexity index is 747. The molecule has 2 fully saturated rings. The summed E-state index contributed by atoms with van der Waals surface area (Å²) in [6, 6.07) is 6.15. The van der Waals surface area contributed by atoms with Crippen LogP contribution in [0.5, 0.6) is 0 Å². The zero-order valence-electron chi connectivity index (χ0n) is 15.3. The van der Waals surface area contributed by atoms with E-state index in [-0.39, 0.29) is 17.9 Å². The molecule has 1 aliphatic heterocycles. The fourth-order valence-electron chi connectivity index (χ4n) is 4.53. The van der Waals surface area contributed by atoms with Gasteiger partial charge in [0.25, 0.3) is 5.91 Å². The van der Waals surface area contributed by atoms with Gasteiger partial charge in [-0.2, -0.15) is 0 Å². The van der Waals surface area contributed by atoms with Crippen molar-refractivity contribution in [2.75, 3.05) is 11.9 Å². The van der Waals surface area contributed by atoms with Crippen molar-refractivity contribution in [2.24, 2.45) is 11.3 Å². The summed E-state index contributed by atoms with van der Waals surface area (Å²) in [5.41, 5.74) is -0.366. The van der Waals surface area contributed by atoms with E-state index in [2.05, 4.69) is 31.4 Å². The van der Waals surface area contributed by atoms with Crippen LogP contribution in [0.25, 0.3) is 0 Å². The summed E-state index contributed by atoms with van der Waals surface area (Å²) < 4.78 is 0. The highest BCUT2D eigenvalue weighted by molar-refractivity contribution is 6.30. The molecule has 26 heavy (non-hydrogen) atoms. The fraction of sp³-hybridized carbons (Fsp3) is 0.526. The molecule has 1 heterocycles. The number of nitrogens with one attached hydrogen (secondary N) is 2. The van der Waals surface area contributed by atoms with E-state index in [9.17, 15) is 14.4 Å². The minimum atomic E-state index is -0.890. The number of hydrogen-bond acceptors (Lipinski definition) is 3. The standard InChI is InChI=1S/C19H24ClN3O3/c1-12-8-18(2,3)11-19(9-12)16(25)23(17(26)22-19)10-15(24)21-14-6-4-13(20)5-7-14/h4-7,12H,8-11H2,1-3H3,(H,21,24)(H,22,26). The van der Waals surface area contributed by atoms with Gasteiger partial charge in [0.2, 0.25) is 5.91 Å². The first-order valence-electron chi connectivity index (χ1n) is 8.80. The Morgan fingerprint density at radius 3 is 2.54 bits per heavy atom. The van der Waals surface area contributed by atoms with Crippen molar-refractivity contribution >= 4 is 35.1 Å². The lowest BCUT2D eigenvalue weighted by Crippen LogP contribution is -2.54. The maximum Gasteiger partial charge on any atom is 0.325 e. The highest BCUT2D eigenvalue weighted by Gasteiger charge is 2.56. The van der Waals surface area contributed by atoms with E-state index in [1.807, 2.05) is 0 Å². The molecule has 0 aromatic heterocycles. The van der Waals surface area contributed by atoms with Gasteiger partial charge >= 0.3 is 6.03 Å². The van der Waals surface area contributed by atoms with Crippen LogP contribution >= 0.6 is 11.6 Å². The number of carbonyl (C=O) groups is 3. The number of halogens is 1. The second kappa shape index (κ2) is 6.58. The molecule has 1 spiro atoms. The van der Waals surface area contributed by atoms with Gasteiger partial charge in [0.15, 0.2) is 0 Å². The smallest absolute Gasteiger partial charge is 0.325 e. The van der Waals surface area contributed by atoms with E-state index in [0.29, 0.717) is 29.5 Å². The molecule has 6 nitrogen and oxygen atoms in total. The SMILES string of the molecule is CC1CC(C)(C)CC2(C1)NC(=O)N(CC(=O)Nc1ccc(Cl)cc1)C2=O. The molecular weight excluding hydrogens is 354 g/mol. The second-order valence-corrected chi connectivity index (χ2v) is 8.75. The number of urea groups is 1. The lowest BCUT2D eigenvalue weighted by atomic mass is 9.64. The topological polar surface area (TPSA) is 78.5 Å². The van der Waals surface area contributed by atoms with E-state index in [0.717, 1.165) is 11.3 Å². The Morgan fingerprint density at radius 2 is 1.92 bits per heavy atom. The van der Waals surface area contributed by atoms with Gasteiger partial charge in [-0.25, -0.2) is 4.79 Å². The number of rotatable bonds is 3. The van der Waals surface area contributed by atoms with Crippen LogP contribution in [0.1, 0.15) is 40.0 Å². The third-order valence-corrected chi connectivity index (χ3v) is 5.31. The molecule has 2 unspecified atom stereocenters. The first kappa shape index (κ1) is 18.7. The largest absolute Gasteiger partial charge is 0.325 e. The number of nitrogens with zero attached hydrogens (tertiary/aromatic N) is 1. The fourth-order valence-corrected chi connectivity index (χ4v) is 4.65. The van der Waals surface area contributed by atoms with Crippen molar-refractivity contribution < 1.29 is 14.4 Å². The van der Waals surface area contributed by atoms with Crippen molar-refractivity contribution in [3.63, 3.8) is 0 Å². The maximum absolute atomic E-state index is 13.0. The van der Waals surface area contributed by atoms with E-state index >= 15 is 0 Å². The summed E-state index contributed by atoms with van der Waals surface area (Å²) in [5.74, 6) is -0.393. The van der Waals surface area contributed by atoms with Gasteiger partial charge in [-0.3, -0.25) is 14.5 Å². The van der Waals surface area contributed by atoms with Crippen LogP contribution in [0, 0.1) is 11.3 Å². The van der Waals surface area contributed by atoms with Crippen LogP contribution < -0.4 is 10.6 Å². The molecule has 4 amide bonds. The maximum atomic E-state index is 13.0. The number of amides is 4. The molecule has 3 rings (SSSR count). The van der Waals surface area contributed by atoms with Crippen LogP contribution in [0.2, 0.25) is 5.02 Å². The van der Waals surface area contributed by atoms with Crippen LogP contribution in [-0.2, 0) is 9.59 Å². The molecular formula is C19H24ClN3O3. The summed E-state index contributed by atoms with van der Waals surface area (Å²) >= 11 is 5.82. The van der Waals surface area contributed by atoms with Crippen molar-refractivity contribution in [3.8, 4) is 0 Å². The molecule has 140 valence electrons. The molecule has 1 aromatic carbocycles. The van der Waals surface area contributed by atoms with Gasteiger partial charge in [0.1, 0.15) is 12.1 Å². The molecule has 2 atom stereocenters. The lowest BCUT2D eigenvalue weighted by Gasteiger charge is -2.43. The van der Waals surface area contributed by atoms with Crippen LogP contribution in [-0.4, -0.2) is 34.8 Å². The molecule has 0 radical (unpaired) electrons. The average molecular weight is 378 g/mol. The molecule has 0 bridgehead atoms. The molecule has 1 saturated carbocycles. The van der Waals surface area contributed by atoms with E-state index in [1.165, 1.54) is 0 Å². The first-order chi connectivity index (χ1) is 12.1. The minimum Gasteiger partial charge on any atom is -0.325 e. The Kier molecular flexibility index (Phi) is 4.73. The van der Waals surface area contributed by atoms with Gasteiger partial charge in [0.05, 0.1) is 0 Å². The average Bonchev–Trinajstić information content (AvgIpc) is 2.71. The van der Waals surface area contributed by atoms with Crippen molar-refractivity contribution in [1.82, 2.24) is 10.2 Å². The number of carbonyl (C=O) groups excluding carboxylic acids is 3. The number of hydrogen-bond donors (Lipinski definition) is 2. The molecule has 2 aliphatic rings. The molecule has 2 N–H and O–H groups in total. The molecule has 1 aliphatic carbocycles. The first-order valence-corrected chi connectivity index (χ1v) is 9.18. The van der Waals surface area contributed by atoms with Gasteiger partial charge in [-0.1, -0.05) is 32.4 Å². The monoisotopic (exact) mass is 377 g/mol. The highest BCUT2D eigenvalue weighted by Crippen LogP contribution is 2.46. The van der Waals surface area contributed by atoms with Crippen molar-refractivity contribution in [1.29, 1.82) is 0 Å². The van der Waals surface area contributed by atoms with Crippen LogP contribution in [0.15, 0.2) is 24.3 Å². The number of anilines is 1. The summed E-state index contributed by atoms with van der Waals surface area (Å²) in [4.78, 5) is 38.7. The summed E-state index contributed by atoms with van der Waals surface area (Å²) in [6.45, 7) is 6.02. The predicted molar refractivity (Wildman–Crippen MR) is 99.9 cm³/mol. The Balaban J connectivity index is 1.71. The second-order valence-electron chi connectivity index (χ2n) is 8.31. The number of benzene rings is 1. The highest BCUT2D eigenvalue weighted by atomic mass is 35.5. The summed E-state index contributed by atoms with van der Waals surface area (Å²) in [7, 11) is 0. The van der Waals surface area contributed by atoms with E-state index < -0.39 is 17.5 Å². The molecule has 1 saturated heterocycles. The predicted octanol–water partition coefficient (Wildman–Crippen LogP) is 3.42. The van der Waals surface area contributed by atoms with E-state index in [4.69, 9.17) is 11.6 Å². The van der Waals surface area contributed by atoms with Gasteiger partial charge in [-0.15, -0.1) is 0 Å². The third-order valence-electron chi connectivity index (χ3n) is 5.05. The Labute approximate surface area is 158 Å². The summed E-state index contributed by atoms with van der Waals surface area (Å²) in [6.07, 6.45) is 2.20. The zero-order chi connectivity index (χ0) is 19.1. The van der Waals surface area contributed by atoms with Crippen molar-refractivity contribution in [2.45, 2.75) is 45.6 Å². The van der Waals surface area contributed by atoms with E-state index in [1.54, 1.807) is 24.3 Å². The minimum absolute atomic E-state index is 0.0395.